The molecule has 2 N–H and O–H groups in total. The molecule has 0 radical (unpaired) electrons. The van der Waals surface area contributed by atoms with Gasteiger partial charge in [0.25, 0.3) is 0 Å². The second-order valence-corrected chi connectivity index (χ2v) is 2.62. The Morgan fingerprint density at radius 2 is 2.20 bits per heavy atom. The summed E-state index contributed by atoms with van der Waals surface area (Å²) in [5, 5.41) is 0. The van der Waals surface area contributed by atoms with Gasteiger partial charge in [0.2, 0.25) is 0 Å². The Labute approximate surface area is 62.2 Å². The molecular weight excluding hydrogens is 131 g/mol. The second-order valence-electron chi connectivity index (χ2n) is 2.62. The molecule has 0 aliphatic heterocycles. The summed E-state index contributed by atoms with van der Waals surface area (Å²) in [5.74, 6) is 0. The summed E-state index contributed by atoms with van der Waals surface area (Å²) in [4.78, 5) is 1.91. The zero-order valence-corrected chi connectivity index (χ0v) is 6.81. The highest BCUT2D eigenvalue weighted by atomic mass is 19.1. The number of nitrogens with two attached hydrogens (primary N) is 1. The fourth-order valence-corrected chi connectivity index (χ4v) is 0.765. The second kappa shape index (κ2) is 5.62. The molecule has 0 aromatic heterocycles. The lowest BCUT2D eigenvalue weighted by atomic mass is 10.2. The van der Waals surface area contributed by atoms with Crippen molar-refractivity contribution in [2.24, 2.45) is 5.73 Å². The largest absolute Gasteiger partial charge is 0.327 e. The van der Waals surface area contributed by atoms with Crippen molar-refractivity contribution in [3.05, 3.63) is 0 Å². The third-order valence-corrected chi connectivity index (χ3v) is 1.54. The smallest absolute Gasteiger partial charge is 0.102 e. The van der Waals surface area contributed by atoms with Gasteiger partial charge in [0.05, 0.1) is 0 Å². The van der Waals surface area contributed by atoms with Crippen LogP contribution in [0.5, 0.6) is 0 Å². The van der Waals surface area contributed by atoms with Crippen LogP contribution in [-0.2, 0) is 0 Å². The lowest BCUT2D eigenvalue weighted by Crippen LogP contribution is -2.35. The molecule has 0 amide bonds. The molecule has 0 saturated heterocycles. The van der Waals surface area contributed by atoms with Crippen molar-refractivity contribution in [3.8, 4) is 0 Å². The van der Waals surface area contributed by atoms with E-state index in [1.165, 1.54) is 0 Å². The molecule has 0 fully saturated rings. The van der Waals surface area contributed by atoms with Crippen LogP contribution in [0, 0.1) is 0 Å². The summed E-state index contributed by atoms with van der Waals surface area (Å²) >= 11 is 0. The van der Waals surface area contributed by atoms with E-state index in [0.29, 0.717) is 6.54 Å². The molecule has 0 aromatic carbocycles. The first-order chi connectivity index (χ1) is 4.70. The van der Waals surface area contributed by atoms with Crippen molar-refractivity contribution in [3.63, 3.8) is 0 Å². The molecule has 0 aliphatic carbocycles. The number of hydrogen-bond donors (Lipinski definition) is 1. The van der Waals surface area contributed by atoms with Gasteiger partial charge >= 0.3 is 0 Å². The van der Waals surface area contributed by atoms with E-state index < -0.39 is 0 Å². The van der Waals surface area contributed by atoms with E-state index in [1.807, 2.05) is 18.9 Å². The Hall–Kier alpha value is -0.150. The molecule has 0 aromatic rings. The molecule has 0 saturated carbocycles. The van der Waals surface area contributed by atoms with Crippen molar-refractivity contribution >= 4 is 0 Å². The summed E-state index contributed by atoms with van der Waals surface area (Å²) in [7, 11) is 1.88. The summed E-state index contributed by atoms with van der Waals surface area (Å²) in [6.07, 6.45) is 0.955. The van der Waals surface area contributed by atoms with E-state index in [1.54, 1.807) is 0 Å². The standard InChI is InChI=1S/C7H17FN2/c1-3-7(9)6-10(2)5-4-8/h7H,3-6,9H2,1-2H3. The zero-order chi connectivity index (χ0) is 7.98. The number of alkyl halides is 1. The normalized spacial score (nSPS) is 14.1. The predicted octanol–water partition coefficient (Wildman–Crippen LogP) is 0.625. The van der Waals surface area contributed by atoms with Gasteiger partial charge in [-0.1, -0.05) is 6.92 Å². The number of nitrogens with zero attached hydrogens (tertiary/aromatic N) is 1. The van der Waals surface area contributed by atoms with E-state index in [0.717, 1.165) is 13.0 Å². The fraction of sp³-hybridized carbons (Fsp3) is 1.00. The van der Waals surface area contributed by atoms with Crippen molar-refractivity contribution < 1.29 is 4.39 Å². The average Bonchev–Trinajstić information content (AvgIpc) is 1.88. The SMILES string of the molecule is CCC(N)CN(C)CCF. The molecular formula is C7H17FN2. The third kappa shape index (κ3) is 4.70. The molecule has 3 heteroatoms. The highest BCUT2D eigenvalue weighted by molar-refractivity contribution is 4.62. The Morgan fingerprint density at radius 3 is 2.60 bits per heavy atom. The molecule has 0 heterocycles. The van der Waals surface area contributed by atoms with Gasteiger partial charge in [0.1, 0.15) is 6.67 Å². The maximum atomic E-state index is 11.7. The molecule has 62 valence electrons. The first-order valence-electron chi connectivity index (χ1n) is 3.70. The molecule has 10 heavy (non-hydrogen) atoms. The van der Waals surface area contributed by atoms with Crippen molar-refractivity contribution in [2.75, 3.05) is 26.8 Å². The Kier molecular flexibility index (Phi) is 5.54. The van der Waals surface area contributed by atoms with Gasteiger partial charge in [-0.05, 0) is 13.5 Å². The molecule has 0 aliphatic rings. The minimum Gasteiger partial charge on any atom is -0.327 e. The molecule has 1 unspecified atom stereocenters. The Balaban J connectivity index is 3.27. The van der Waals surface area contributed by atoms with E-state index >= 15 is 0 Å². The quantitative estimate of drug-likeness (QED) is 0.619. The number of hydrogen-bond acceptors (Lipinski definition) is 2. The van der Waals surface area contributed by atoms with Crippen molar-refractivity contribution in [2.45, 2.75) is 19.4 Å². The number of likely N-dealkylation sites (N-methyl/N-ethyl adjacent to an activating group) is 1. The van der Waals surface area contributed by atoms with Gasteiger partial charge in [0.15, 0.2) is 0 Å². The highest BCUT2D eigenvalue weighted by Gasteiger charge is 2.02. The van der Waals surface area contributed by atoms with Crippen LogP contribution in [0.2, 0.25) is 0 Å². The molecule has 2 nitrogen and oxygen atoms in total. The van der Waals surface area contributed by atoms with Crippen LogP contribution in [0.3, 0.4) is 0 Å². The van der Waals surface area contributed by atoms with Gasteiger partial charge in [-0.15, -0.1) is 0 Å². The maximum Gasteiger partial charge on any atom is 0.102 e. The number of halogens is 1. The van der Waals surface area contributed by atoms with Crippen LogP contribution in [0.4, 0.5) is 4.39 Å². The summed E-state index contributed by atoms with van der Waals surface area (Å²) in [6, 6.07) is 0.191. The third-order valence-electron chi connectivity index (χ3n) is 1.54. The molecule has 0 spiro atoms. The molecule has 0 rings (SSSR count). The van der Waals surface area contributed by atoms with E-state index in [-0.39, 0.29) is 12.7 Å². The molecule has 0 bridgehead atoms. The Morgan fingerprint density at radius 1 is 1.60 bits per heavy atom. The summed E-state index contributed by atoms with van der Waals surface area (Å²) in [6.45, 7) is 3.04. The van der Waals surface area contributed by atoms with Crippen LogP contribution in [0.15, 0.2) is 0 Å². The van der Waals surface area contributed by atoms with E-state index in [2.05, 4.69) is 0 Å². The Bertz CT molecular complexity index is 78.0. The summed E-state index contributed by atoms with van der Waals surface area (Å²) in [5.41, 5.74) is 5.64. The lowest BCUT2D eigenvalue weighted by molar-refractivity contribution is 0.277. The van der Waals surface area contributed by atoms with Crippen LogP contribution >= 0.6 is 0 Å². The van der Waals surface area contributed by atoms with Gasteiger partial charge in [-0.2, -0.15) is 0 Å². The van der Waals surface area contributed by atoms with Gasteiger partial charge in [-0.25, -0.2) is 4.39 Å². The summed E-state index contributed by atoms with van der Waals surface area (Å²) < 4.78 is 11.7. The van der Waals surface area contributed by atoms with Crippen LogP contribution in [0.25, 0.3) is 0 Å². The first kappa shape index (κ1) is 9.85. The highest BCUT2D eigenvalue weighted by Crippen LogP contribution is 1.90. The minimum absolute atomic E-state index is 0.191. The topological polar surface area (TPSA) is 29.3 Å². The predicted molar refractivity (Wildman–Crippen MR) is 41.7 cm³/mol. The van der Waals surface area contributed by atoms with Crippen LogP contribution in [0.1, 0.15) is 13.3 Å². The monoisotopic (exact) mass is 148 g/mol. The van der Waals surface area contributed by atoms with Crippen molar-refractivity contribution in [1.29, 1.82) is 0 Å². The lowest BCUT2D eigenvalue weighted by Gasteiger charge is -2.18. The minimum atomic E-state index is -0.285. The zero-order valence-electron chi connectivity index (χ0n) is 6.81. The van der Waals surface area contributed by atoms with E-state index in [9.17, 15) is 4.39 Å². The van der Waals surface area contributed by atoms with E-state index in [4.69, 9.17) is 5.73 Å². The fourth-order valence-electron chi connectivity index (χ4n) is 0.765. The number of rotatable bonds is 5. The van der Waals surface area contributed by atoms with Gasteiger partial charge < -0.3 is 10.6 Å². The maximum absolute atomic E-state index is 11.7. The molecule has 1 atom stereocenters. The van der Waals surface area contributed by atoms with Crippen LogP contribution in [-0.4, -0.2) is 37.8 Å². The average molecular weight is 148 g/mol. The van der Waals surface area contributed by atoms with Gasteiger partial charge in [-0.3, -0.25) is 0 Å². The van der Waals surface area contributed by atoms with Crippen molar-refractivity contribution in [1.82, 2.24) is 4.90 Å². The van der Waals surface area contributed by atoms with Gasteiger partial charge in [0, 0.05) is 19.1 Å². The van der Waals surface area contributed by atoms with Crippen LogP contribution < -0.4 is 5.73 Å². The first-order valence-corrected chi connectivity index (χ1v) is 3.70.